The van der Waals surface area contributed by atoms with Crippen LogP contribution in [0.2, 0.25) is 0 Å². The first kappa shape index (κ1) is 15.4. The van der Waals surface area contributed by atoms with E-state index in [-0.39, 0.29) is 0 Å². The molecule has 1 aliphatic heterocycles. The van der Waals surface area contributed by atoms with Gasteiger partial charge < -0.3 is 5.32 Å². The Morgan fingerprint density at radius 2 is 2.19 bits per heavy atom. The van der Waals surface area contributed by atoms with Gasteiger partial charge in [0.05, 0.1) is 5.69 Å². The van der Waals surface area contributed by atoms with Crippen LogP contribution in [0.3, 0.4) is 0 Å². The summed E-state index contributed by atoms with van der Waals surface area (Å²) in [6.07, 6.45) is 4.68. The third kappa shape index (κ3) is 3.49. The minimum Gasteiger partial charge on any atom is -0.308 e. The van der Waals surface area contributed by atoms with Gasteiger partial charge in [0.1, 0.15) is 0 Å². The lowest BCUT2D eigenvalue weighted by Crippen LogP contribution is -2.64. The summed E-state index contributed by atoms with van der Waals surface area (Å²) < 4.78 is 1.05. The Balaban J connectivity index is 1.75. The van der Waals surface area contributed by atoms with Crippen LogP contribution in [0, 0.1) is 11.8 Å². The highest BCUT2D eigenvalue weighted by atomic mass is 79.9. The number of nitrogens with one attached hydrogen (secondary N) is 1. The molecule has 2 atom stereocenters. The number of piperazine rings is 1. The lowest BCUT2D eigenvalue weighted by atomic mass is 9.88. The number of hydrogen-bond donors (Lipinski definition) is 1. The van der Waals surface area contributed by atoms with E-state index in [0.29, 0.717) is 17.5 Å². The minimum absolute atomic E-state index is 0.292. The van der Waals surface area contributed by atoms with E-state index in [4.69, 9.17) is 0 Å². The largest absolute Gasteiger partial charge is 0.308 e. The monoisotopic (exact) mass is 351 g/mol. The molecule has 0 radical (unpaired) electrons. The molecule has 0 aromatic carbocycles. The SMILES string of the molecule is CC(C)C1CNC(C)(C2CC2)CN1Cc1ccc(Br)cn1. The zero-order valence-electron chi connectivity index (χ0n) is 13.3. The summed E-state index contributed by atoms with van der Waals surface area (Å²) in [5.74, 6) is 1.53. The Morgan fingerprint density at radius 3 is 2.76 bits per heavy atom. The Labute approximate surface area is 136 Å². The first-order chi connectivity index (χ1) is 9.98. The highest BCUT2D eigenvalue weighted by Gasteiger charge is 2.46. The molecule has 1 saturated heterocycles. The van der Waals surface area contributed by atoms with Gasteiger partial charge >= 0.3 is 0 Å². The fourth-order valence-corrected chi connectivity index (χ4v) is 3.83. The van der Waals surface area contributed by atoms with Crippen LogP contribution < -0.4 is 5.32 Å². The summed E-state index contributed by atoms with van der Waals surface area (Å²) in [7, 11) is 0. The lowest BCUT2D eigenvalue weighted by Gasteiger charge is -2.48. The predicted octanol–water partition coefficient (Wildman–Crippen LogP) is 3.44. The maximum absolute atomic E-state index is 4.57. The van der Waals surface area contributed by atoms with Crippen LogP contribution in [0.15, 0.2) is 22.8 Å². The summed E-state index contributed by atoms with van der Waals surface area (Å²) in [4.78, 5) is 7.21. The molecule has 1 aromatic rings. The molecule has 3 nitrogen and oxygen atoms in total. The molecule has 21 heavy (non-hydrogen) atoms. The van der Waals surface area contributed by atoms with Gasteiger partial charge in [-0.05, 0) is 59.7 Å². The van der Waals surface area contributed by atoms with Crippen LogP contribution >= 0.6 is 15.9 Å². The fourth-order valence-electron chi connectivity index (χ4n) is 3.59. The minimum atomic E-state index is 0.292. The molecule has 0 spiro atoms. The lowest BCUT2D eigenvalue weighted by molar-refractivity contribution is 0.0453. The van der Waals surface area contributed by atoms with Crippen molar-refractivity contribution in [3.8, 4) is 0 Å². The van der Waals surface area contributed by atoms with E-state index in [1.807, 2.05) is 6.20 Å². The highest BCUT2D eigenvalue weighted by Crippen LogP contribution is 2.42. The Morgan fingerprint density at radius 1 is 1.43 bits per heavy atom. The molecule has 0 bridgehead atoms. The van der Waals surface area contributed by atoms with Gasteiger partial charge in [-0.25, -0.2) is 0 Å². The Hall–Kier alpha value is -0.450. The Bertz CT molecular complexity index is 483. The second-order valence-corrected chi connectivity index (χ2v) is 8.17. The number of nitrogens with zero attached hydrogens (tertiary/aromatic N) is 2. The number of hydrogen-bond acceptors (Lipinski definition) is 3. The molecule has 4 heteroatoms. The molecular formula is C17H26BrN3. The molecule has 1 saturated carbocycles. The van der Waals surface area contributed by atoms with Crippen molar-refractivity contribution in [2.45, 2.75) is 51.7 Å². The van der Waals surface area contributed by atoms with Gasteiger partial charge in [0.2, 0.25) is 0 Å². The van der Waals surface area contributed by atoms with Crippen LogP contribution in [-0.2, 0) is 6.54 Å². The number of aromatic nitrogens is 1. The van der Waals surface area contributed by atoms with Crippen molar-refractivity contribution in [1.29, 1.82) is 0 Å². The molecule has 116 valence electrons. The summed E-state index contributed by atoms with van der Waals surface area (Å²) in [5, 5.41) is 3.84. The van der Waals surface area contributed by atoms with E-state index in [1.165, 1.54) is 18.5 Å². The van der Waals surface area contributed by atoms with E-state index in [0.717, 1.165) is 30.0 Å². The molecule has 2 fully saturated rings. The summed E-state index contributed by atoms with van der Waals surface area (Å²) >= 11 is 3.47. The predicted molar refractivity (Wildman–Crippen MR) is 90.1 cm³/mol. The van der Waals surface area contributed by atoms with Crippen molar-refractivity contribution in [3.63, 3.8) is 0 Å². The van der Waals surface area contributed by atoms with Gasteiger partial charge in [0, 0.05) is 41.9 Å². The number of pyridine rings is 1. The van der Waals surface area contributed by atoms with Gasteiger partial charge in [-0.1, -0.05) is 13.8 Å². The van der Waals surface area contributed by atoms with Gasteiger partial charge in [0.25, 0.3) is 0 Å². The van der Waals surface area contributed by atoms with Gasteiger partial charge in [-0.3, -0.25) is 9.88 Å². The van der Waals surface area contributed by atoms with E-state index < -0.39 is 0 Å². The van der Waals surface area contributed by atoms with Crippen LogP contribution in [0.25, 0.3) is 0 Å². The second-order valence-electron chi connectivity index (χ2n) is 7.26. The molecule has 2 unspecified atom stereocenters. The van der Waals surface area contributed by atoms with Crippen molar-refractivity contribution >= 4 is 15.9 Å². The summed E-state index contributed by atoms with van der Waals surface area (Å²) in [6, 6.07) is 4.83. The van der Waals surface area contributed by atoms with Crippen LogP contribution in [0.1, 0.15) is 39.3 Å². The Kier molecular flexibility index (Phi) is 4.40. The molecule has 1 aromatic heterocycles. The fraction of sp³-hybridized carbons (Fsp3) is 0.706. The smallest absolute Gasteiger partial charge is 0.0544 e. The van der Waals surface area contributed by atoms with Crippen LogP contribution in [0.5, 0.6) is 0 Å². The van der Waals surface area contributed by atoms with Crippen molar-refractivity contribution in [2.24, 2.45) is 11.8 Å². The average molecular weight is 352 g/mol. The number of halogens is 1. The molecule has 0 amide bonds. The first-order valence-corrected chi connectivity index (χ1v) is 8.87. The quantitative estimate of drug-likeness (QED) is 0.900. The van der Waals surface area contributed by atoms with Crippen molar-refractivity contribution in [2.75, 3.05) is 13.1 Å². The molecule has 3 rings (SSSR count). The van der Waals surface area contributed by atoms with Gasteiger partial charge in [0.15, 0.2) is 0 Å². The van der Waals surface area contributed by atoms with Crippen LogP contribution in [0.4, 0.5) is 0 Å². The molecule has 1 aliphatic carbocycles. The molecule has 2 heterocycles. The molecular weight excluding hydrogens is 326 g/mol. The van der Waals surface area contributed by atoms with Crippen LogP contribution in [-0.4, -0.2) is 34.6 Å². The van der Waals surface area contributed by atoms with E-state index >= 15 is 0 Å². The zero-order chi connectivity index (χ0) is 15.0. The third-order valence-corrected chi connectivity index (χ3v) is 5.59. The van der Waals surface area contributed by atoms with E-state index in [2.05, 4.69) is 64.0 Å². The van der Waals surface area contributed by atoms with Crippen molar-refractivity contribution < 1.29 is 0 Å². The van der Waals surface area contributed by atoms with E-state index in [1.54, 1.807) is 0 Å². The van der Waals surface area contributed by atoms with Crippen molar-refractivity contribution in [1.82, 2.24) is 15.2 Å². The maximum Gasteiger partial charge on any atom is 0.0544 e. The third-order valence-electron chi connectivity index (χ3n) is 5.12. The average Bonchev–Trinajstić information content (AvgIpc) is 3.26. The van der Waals surface area contributed by atoms with Gasteiger partial charge in [-0.15, -0.1) is 0 Å². The van der Waals surface area contributed by atoms with E-state index in [9.17, 15) is 0 Å². The highest BCUT2D eigenvalue weighted by molar-refractivity contribution is 9.10. The summed E-state index contributed by atoms with van der Waals surface area (Å²) in [6.45, 7) is 10.3. The maximum atomic E-state index is 4.57. The normalized spacial score (nSPS) is 30.8. The molecule has 2 aliphatic rings. The molecule has 1 N–H and O–H groups in total. The second kappa shape index (κ2) is 5.98. The van der Waals surface area contributed by atoms with Gasteiger partial charge in [-0.2, -0.15) is 0 Å². The standard InChI is InChI=1S/C17H26BrN3/c1-12(2)16-9-20-17(3,13-4-5-13)11-21(16)10-15-7-6-14(18)8-19-15/h6-8,12-13,16,20H,4-5,9-11H2,1-3H3. The number of rotatable bonds is 4. The first-order valence-electron chi connectivity index (χ1n) is 8.07. The topological polar surface area (TPSA) is 28.2 Å². The summed E-state index contributed by atoms with van der Waals surface area (Å²) in [5.41, 5.74) is 1.46. The van der Waals surface area contributed by atoms with Crippen molar-refractivity contribution in [3.05, 3.63) is 28.5 Å². The zero-order valence-corrected chi connectivity index (χ0v) is 14.9.